The van der Waals surface area contributed by atoms with Crippen LogP contribution in [0.15, 0.2) is 0 Å². The summed E-state index contributed by atoms with van der Waals surface area (Å²) in [7, 11) is 1.26. The zero-order chi connectivity index (χ0) is 15.2. The first-order chi connectivity index (χ1) is 8.59. The Kier molecular flexibility index (Phi) is 6.52. The van der Waals surface area contributed by atoms with Crippen LogP contribution in [0, 0.1) is 11.3 Å². The molecule has 110 valence electrons. The number of carbonyl (C=O) groups excluding carboxylic acids is 2. The minimum Gasteiger partial charge on any atom is -0.481 e. The van der Waals surface area contributed by atoms with Crippen molar-refractivity contribution < 1.29 is 24.2 Å². The normalized spacial score (nSPS) is 12.9. The summed E-state index contributed by atoms with van der Waals surface area (Å²) in [6.45, 7) is 6.99. The molecular weight excluding hydrogens is 250 g/mol. The molecule has 0 saturated carbocycles. The van der Waals surface area contributed by atoms with E-state index in [1.165, 1.54) is 7.11 Å². The van der Waals surface area contributed by atoms with E-state index < -0.39 is 23.4 Å². The van der Waals surface area contributed by atoms with Gasteiger partial charge in [0.15, 0.2) is 0 Å². The highest BCUT2D eigenvalue weighted by Crippen LogP contribution is 2.25. The number of carboxylic acids is 1. The second-order valence-corrected chi connectivity index (χ2v) is 5.72. The zero-order valence-corrected chi connectivity index (χ0v) is 12.1. The van der Waals surface area contributed by atoms with E-state index in [9.17, 15) is 14.4 Å². The Morgan fingerprint density at radius 2 is 1.74 bits per heavy atom. The molecular formula is C13H23NO5. The van der Waals surface area contributed by atoms with E-state index in [-0.39, 0.29) is 24.7 Å². The number of carboxylic acid groups (broad SMARTS) is 1. The lowest BCUT2D eigenvalue weighted by Gasteiger charge is -2.25. The van der Waals surface area contributed by atoms with Crippen LogP contribution in [0.4, 0.5) is 0 Å². The number of aliphatic carboxylic acids is 1. The highest BCUT2D eigenvalue weighted by atomic mass is 16.5. The van der Waals surface area contributed by atoms with Gasteiger partial charge in [-0.05, 0) is 11.3 Å². The summed E-state index contributed by atoms with van der Waals surface area (Å²) < 4.78 is 4.62. The van der Waals surface area contributed by atoms with Gasteiger partial charge in [0, 0.05) is 6.42 Å². The molecule has 0 aliphatic rings. The first-order valence-corrected chi connectivity index (χ1v) is 6.18. The van der Waals surface area contributed by atoms with Gasteiger partial charge in [-0.3, -0.25) is 9.59 Å². The molecule has 0 radical (unpaired) electrons. The van der Waals surface area contributed by atoms with Crippen molar-refractivity contribution in [3.05, 3.63) is 0 Å². The van der Waals surface area contributed by atoms with E-state index in [0.29, 0.717) is 0 Å². The smallest absolute Gasteiger partial charge is 0.328 e. The van der Waals surface area contributed by atoms with E-state index in [1.807, 2.05) is 0 Å². The standard InChI is InChI=1S/C13H23NO5/c1-8(2)11(12(18)19-5)14-9(15)6-13(3,4)7-10(16)17/h8,11H,6-7H2,1-5H3,(H,14,15)(H,16,17)/t11-/m0/s1. The Labute approximate surface area is 113 Å². The monoisotopic (exact) mass is 273 g/mol. The Morgan fingerprint density at radius 1 is 1.21 bits per heavy atom. The molecule has 0 aliphatic heterocycles. The van der Waals surface area contributed by atoms with Crippen molar-refractivity contribution in [3.63, 3.8) is 0 Å². The predicted molar refractivity (Wildman–Crippen MR) is 69.4 cm³/mol. The maximum Gasteiger partial charge on any atom is 0.328 e. The van der Waals surface area contributed by atoms with Crippen LogP contribution < -0.4 is 5.32 Å². The molecule has 0 rings (SSSR count). The SMILES string of the molecule is COC(=O)[C@@H](NC(=O)CC(C)(C)CC(=O)O)C(C)C. The molecule has 0 fully saturated rings. The molecule has 0 unspecified atom stereocenters. The summed E-state index contributed by atoms with van der Waals surface area (Å²) in [6, 6.07) is -0.710. The molecule has 6 nitrogen and oxygen atoms in total. The molecule has 2 N–H and O–H groups in total. The molecule has 19 heavy (non-hydrogen) atoms. The summed E-state index contributed by atoms with van der Waals surface area (Å²) in [5.41, 5.74) is -0.659. The number of ether oxygens (including phenoxy) is 1. The van der Waals surface area contributed by atoms with Crippen molar-refractivity contribution in [2.45, 2.75) is 46.6 Å². The third-order valence-electron chi connectivity index (χ3n) is 2.71. The van der Waals surface area contributed by atoms with Crippen LogP contribution in [0.5, 0.6) is 0 Å². The zero-order valence-electron chi connectivity index (χ0n) is 12.1. The second-order valence-electron chi connectivity index (χ2n) is 5.72. The highest BCUT2D eigenvalue weighted by Gasteiger charge is 2.29. The van der Waals surface area contributed by atoms with Gasteiger partial charge >= 0.3 is 11.9 Å². The number of rotatable bonds is 7. The molecule has 0 spiro atoms. The Morgan fingerprint density at radius 3 is 2.11 bits per heavy atom. The van der Waals surface area contributed by atoms with Crippen molar-refractivity contribution in [2.75, 3.05) is 7.11 Å². The Balaban J connectivity index is 4.58. The van der Waals surface area contributed by atoms with Gasteiger partial charge in [0.25, 0.3) is 0 Å². The fourth-order valence-electron chi connectivity index (χ4n) is 1.76. The number of esters is 1. The van der Waals surface area contributed by atoms with Gasteiger partial charge in [-0.15, -0.1) is 0 Å². The van der Waals surface area contributed by atoms with E-state index in [0.717, 1.165) is 0 Å². The molecule has 0 heterocycles. The third kappa shape index (κ3) is 6.79. The van der Waals surface area contributed by atoms with Crippen molar-refractivity contribution in [2.24, 2.45) is 11.3 Å². The summed E-state index contributed by atoms with van der Waals surface area (Å²) in [5.74, 6) is -1.90. The maximum atomic E-state index is 11.9. The number of hydrogen-bond acceptors (Lipinski definition) is 4. The summed E-state index contributed by atoms with van der Waals surface area (Å²) >= 11 is 0. The van der Waals surface area contributed by atoms with Gasteiger partial charge in [-0.1, -0.05) is 27.7 Å². The number of amides is 1. The Hall–Kier alpha value is -1.59. The van der Waals surface area contributed by atoms with Crippen molar-refractivity contribution in [1.82, 2.24) is 5.32 Å². The molecule has 0 bridgehead atoms. The van der Waals surface area contributed by atoms with Gasteiger partial charge in [0.1, 0.15) is 6.04 Å². The first-order valence-electron chi connectivity index (χ1n) is 6.18. The highest BCUT2D eigenvalue weighted by molar-refractivity contribution is 5.85. The first kappa shape index (κ1) is 17.4. The van der Waals surface area contributed by atoms with Crippen LogP contribution in [-0.4, -0.2) is 36.1 Å². The molecule has 1 atom stereocenters. The van der Waals surface area contributed by atoms with Crippen LogP contribution in [0.25, 0.3) is 0 Å². The molecule has 0 aromatic rings. The summed E-state index contributed by atoms with van der Waals surface area (Å²) in [6.07, 6.45) is -0.0650. The van der Waals surface area contributed by atoms with Crippen LogP contribution in [0.2, 0.25) is 0 Å². The van der Waals surface area contributed by atoms with Gasteiger partial charge in [-0.2, -0.15) is 0 Å². The predicted octanol–water partition coefficient (Wildman–Crippen LogP) is 1.19. The molecule has 0 saturated heterocycles. The van der Waals surface area contributed by atoms with Crippen molar-refractivity contribution in [3.8, 4) is 0 Å². The number of carbonyl (C=O) groups is 3. The van der Waals surface area contributed by atoms with Gasteiger partial charge in [-0.25, -0.2) is 4.79 Å². The van der Waals surface area contributed by atoms with Gasteiger partial charge in [0.2, 0.25) is 5.91 Å². The third-order valence-corrected chi connectivity index (χ3v) is 2.71. The number of methoxy groups -OCH3 is 1. The minimum absolute atomic E-state index is 0.0412. The summed E-state index contributed by atoms with van der Waals surface area (Å²) in [4.78, 5) is 34.0. The molecule has 0 aliphatic carbocycles. The van der Waals surface area contributed by atoms with Crippen molar-refractivity contribution >= 4 is 17.8 Å². The minimum atomic E-state index is -0.953. The van der Waals surface area contributed by atoms with E-state index in [2.05, 4.69) is 10.1 Å². The number of nitrogens with one attached hydrogen (secondary N) is 1. The second kappa shape index (κ2) is 7.11. The fourth-order valence-corrected chi connectivity index (χ4v) is 1.76. The largest absolute Gasteiger partial charge is 0.481 e. The molecule has 0 aromatic carbocycles. The average molecular weight is 273 g/mol. The maximum absolute atomic E-state index is 11.9. The van der Waals surface area contributed by atoms with E-state index in [1.54, 1.807) is 27.7 Å². The van der Waals surface area contributed by atoms with Crippen LogP contribution >= 0.6 is 0 Å². The topological polar surface area (TPSA) is 92.7 Å². The lowest BCUT2D eigenvalue weighted by Crippen LogP contribution is -2.46. The lowest BCUT2D eigenvalue weighted by molar-refractivity contribution is -0.147. The summed E-state index contributed by atoms with van der Waals surface area (Å²) in [5, 5.41) is 11.3. The van der Waals surface area contributed by atoms with Crippen LogP contribution in [0.1, 0.15) is 40.5 Å². The Bertz CT molecular complexity index is 349. The van der Waals surface area contributed by atoms with Crippen molar-refractivity contribution in [1.29, 1.82) is 0 Å². The quantitative estimate of drug-likeness (QED) is 0.680. The molecule has 0 aromatic heterocycles. The average Bonchev–Trinajstić information content (AvgIpc) is 2.21. The lowest BCUT2D eigenvalue weighted by atomic mass is 9.85. The molecule has 1 amide bonds. The van der Waals surface area contributed by atoms with Gasteiger partial charge in [0.05, 0.1) is 13.5 Å². The fraction of sp³-hybridized carbons (Fsp3) is 0.769. The van der Waals surface area contributed by atoms with E-state index >= 15 is 0 Å². The van der Waals surface area contributed by atoms with E-state index in [4.69, 9.17) is 5.11 Å². The van der Waals surface area contributed by atoms with Gasteiger partial charge < -0.3 is 15.2 Å². The van der Waals surface area contributed by atoms with Crippen LogP contribution in [0.3, 0.4) is 0 Å². The van der Waals surface area contributed by atoms with Crippen LogP contribution in [-0.2, 0) is 19.1 Å². The number of hydrogen-bond donors (Lipinski definition) is 2. The molecule has 6 heteroatoms.